The lowest BCUT2D eigenvalue weighted by atomic mass is 10.2. The molecule has 21 heavy (non-hydrogen) atoms. The van der Waals surface area contributed by atoms with Gasteiger partial charge in [0.15, 0.2) is 7.14 Å². The zero-order chi connectivity index (χ0) is 14.3. The summed E-state index contributed by atoms with van der Waals surface area (Å²) in [7, 11) is 0. The maximum absolute atomic E-state index is 5.81. The van der Waals surface area contributed by atoms with Crippen molar-refractivity contribution in [3.8, 4) is 5.75 Å². The van der Waals surface area contributed by atoms with Gasteiger partial charge in [-0.15, -0.1) is 0 Å². The third kappa shape index (κ3) is 4.33. The second-order valence-corrected chi connectivity index (χ2v) is 7.65. The molecule has 1 nitrogen and oxygen atoms in total. The van der Waals surface area contributed by atoms with Crippen LogP contribution in [0.3, 0.4) is 0 Å². The van der Waals surface area contributed by atoms with Crippen molar-refractivity contribution in [2.24, 2.45) is 0 Å². The van der Waals surface area contributed by atoms with Crippen molar-refractivity contribution in [3.63, 3.8) is 0 Å². The minimum absolute atomic E-state index is 0.0940. The standard InChI is InChI=1S/C19H16IO/c1-3-7-16(8-4-1)15-21-19-13-11-18(12-14-19)20-17-9-5-2-6-10-17/h1-14H,15H2/q+1. The highest BCUT2D eigenvalue weighted by atomic mass is 127. The monoisotopic (exact) mass is 387 g/mol. The van der Waals surface area contributed by atoms with Crippen LogP contribution < -0.4 is 25.9 Å². The molecule has 0 saturated carbocycles. The maximum Gasteiger partial charge on any atom is 0.357 e. The first-order valence-electron chi connectivity index (χ1n) is 6.87. The SMILES string of the molecule is c1ccc(COc2ccc([I+]c3ccccc3)cc2)cc1. The number of benzene rings is 3. The normalized spacial score (nSPS) is 10.3. The third-order valence-electron chi connectivity index (χ3n) is 3.01. The average Bonchev–Trinajstić information content (AvgIpc) is 2.56. The predicted molar refractivity (Wildman–Crippen MR) is 81.1 cm³/mol. The molecule has 0 radical (unpaired) electrons. The van der Waals surface area contributed by atoms with Crippen molar-refractivity contribution in [2.45, 2.75) is 6.61 Å². The van der Waals surface area contributed by atoms with Gasteiger partial charge in [0.05, 0.1) is 0 Å². The average molecular weight is 387 g/mol. The summed E-state index contributed by atoms with van der Waals surface area (Å²) >= 11 is -0.0940. The van der Waals surface area contributed by atoms with Crippen LogP contribution in [0.4, 0.5) is 0 Å². The van der Waals surface area contributed by atoms with Crippen molar-refractivity contribution in [2.75, 3.05) is 0 Å². The molecule has 3 aromatic rings. The molecule has 2 heteroatoms. The number of halogens is 1. The molecule has 0 saturated heterocycles. The van der Waals surface area contributed by atoms with Gasteiger partial charge in [0.25, 0.3) is 0 Å². The molecule has 0 N–H and O–H groups in total. The van der Waals surface area contributed by atoms with Gasteiger partial charge in [0, 0.05) is 0 Å². The van der Waals surface area contributed by atoms with Crippen LogP contribution in [0.1, 0.15) is 5.56 Å². The lowest BCUT2D eigenvalue weighted by Gasteiger charge is -2.05. The second kappa shape index (κ2) is 7.27. The molecule has 0 fully saturated rings. The lowest BCUT2D eigenvalue weighted by molar-refractivity contribution is -0.597. The van der Waals surface area contributed by atoms with E-state index in [0.717, 1.165) is 5.75 Å². The molecule has 0 aliphatic rings. The van der Waals surface area contributed by atoms with Gasteiger partial charge in [0.1, 0.15) is 12.4 Å². The van der Waals surface area contributed by atoms with E-state index in [-0.39, 0.29) is 21.2 Å². The van der Waals surface area contributed by atoms with Gasteiger partial charge in [-0.2, -0.15) is 0 Å². The fraction of sp³-hybridized carbons (Fsp3) is 0.0526. The Bertz CT molecular complexity index is 663. The zero-order valence-corrected chi connectivity index (χ0v) is 13.7. The van der Waals surface area contributed by atoms with E-state index in [1.807, 2.05) is 18.2 Å². The molecular weight excluding hydrogens is 371 g/mol. The highest BCUT2D eigenvalue weighted by Gasteiger charge is 2.14. The first-order valence-corrected chi connectivity index (χ1v) is 9.02. The minimum atomic E-state index is -0.0940. The predicted octanol–water partition coefficient (Wildman–Crippen LogP) is 1.39. The van der Waals surface area contributed by atoms with Gasteiger partial charge in [-0.25, -0.2) is 0 Å². The van der Waals surface area contributed by atoms with E-state index in [4.69, 9.17) is 4.74 Å². The molecule has 0 amide bonds. The topological polar surface area (TPSA) is 9.23 Å². The Morgan fingerprint density at radius 2 is 1.19 bits per heavy atom. The third-order valence-corrected chi connectivity index (χ3v) is 5.70. The number of ether oxygens (including phenoxy) is 1. The highest BCUT2D eigenvalue weighted by Crippen LogP contribution is 2.11. The van der Waals surface area contributed by atoms with Gasteiger partial charge >= 0.3 is 21.2 Å². The largest absolute Gasteiger partial charge is 0.489 e. The summed E-state index contributed by atoms with van der Waals surface area (Å²) in [5, 5.41) is 0. The number of hydrogen-bond acceptors (Lipinski definition) is 1. The van der Waals surface area contributed by atoms with Crippen LogP contribution in [-0.2, 0) is 6.61 Å². The molecule has 0 spiro atoms. The second-order valence-electron chi connectivity index (χ2n) is 4.62. The van der Waals surface area contributed by atoms with Crippen molar-refractivity contribution >= 4 is 0 Å². The first-order chi connectivity index (χ1) is 10.4. The summed E-state index contributed by atoms with van der Waals surface area (Å²) in [5.74, 6) is 0.930. The summed E-state index contributed by atoms with van der Waals surface area (Å²) in [6, 6.07) is 29.4. The van der Waals surface area contributed by atoms with Gasteiger partial charge in [-0.05, 0) is 42.0 Å². The van der Waals surface area contributed by atoms with E-state index in [0.29, 0.717) is 6.61 Å². The van der Waals surface area contributed by atoms with Crippen LogP contribution in [-0.4, -0.2) is 0 Å². The Hall–Kier alpha value is -1.81. The lowest BCUT2D eigenvalue weighted by Crippen LogP contribution is -3.61. The maximum atomic E-state index is 5.81. The van der Waals surface area contributed by atoms with E-state index in [1.165, 1.54) is 12.7 Å². The molecule has 0 bridgehead atoms. The molecule has 0 aromatic heterocycles. The van der Waals surface area contributed by atoms with E-state index >= 15 is 0 Å². The first kappa shape index (κ1) is 14.1. The smallest absolute Gasteiger partial charge is 0.357 e. The van der Waals surface area contributed by atoms with Crippen LogP contribution in [0.25, 0.3) is 0 Å². The zero-order valence-electron chi connectivity index (χ0n) is 11.6. The van der Waals surface area contributed by atoms with Crippen molar-refractivity contribution in [1.82, 2.24) is 0 Å². The summed E-state index contributed by atoms with van der Waals surface area (Å²) in [5.41, 5.74) is 1.19. The molecule has 0 atom stereocenters. The number of hydrogen-bond donors (Lipinski definition) is 0. The summed E-state index contributed by atoms with van der Waals surface area (Å²) in [6.45, 7) is 0.619. The fourth-order valence-electron chi connectivity index (χ4n) is 1.94. The molecule has 0 heterocycles. The van der Waals surface area contributed by atoms with Gasteiger partial charge < -0.3 is 4.74 Å². The summed E-state index contributed by atoms with van der Waals surface area (Å²) < 4.78 is 8.66. The van der Waals surface area contributed by atoms with E-state index < -0.39 is 0 Å². The van der Waals surface area contributed by atoms with Crippen LogP contribution >= 0.6 is 0 Å². The Balaban J connectivity index is 1.59. The van der Waals surface area contributed by atoms with E-state index in [2.05, 4.69) is 66.7 Å². The van der Waals surface area contributed by atoms with Gasteiger partial charge in [-0.3, -0.25) is 0 Å². The van der Waals surface area contributed by atoms with Crippen LogP contribution in [0.2, 0.25) is 0 Å². The summed E-state index contributed by atoms with van der Waals surface area (Å²) in [4.78, 5) is 0. The molecule has 0 aliphatic carbocycles. The van der Waals surface area contributed by atoms with Crippen molar-refractivity contribution in [3.05, 3.63) is 97.6 Å². The van der Waals surface area contributed by atoms with Crippen molar-refractivity contribution < 1.29 is 25.9 Å². The molecular formula is C19H16IO+. The van der Waals surface area contributed by atoms with Gasteiger partial charge in [-0.1, -0.05) is 48.5 Å². The van der Waals surface area contributed by atoms with E-state index in [1.54, 1.807) is 0 Å². The Morgan fingerprint density at radius 1 is 0.619 bits per heavy atom. The molecule has 0 unspecified atom stereocenters. The fourth-order valence-corrected chi connectivity index (χ4v) is 4.15. The Kier molecular flexibility index (Phi) is 4.90. The Morgan fingerprint density at radius 3 is 1.86 bits per heavy atom. The van der Waals surface area contributed by atoms with Crippen LogP contribution in [0.15, 0.2) is 84.9 Å². The van der Waals surface area contributed by atoms with Crippen molar-refractivity contribution in [1.29, 1.82) is 0 Å². The number of rotatable bonds is 5. The molecule has 104 valence electrons. The molecule has 0 aliphatic heterocycles. The molecule has 3 aromatic carbocycles. The van der Waals surface area contributed by atoms with Crippen LogP contribution in [0.5, 0.6) is 5.75 Å². The quantitative estimate of drug-likeness (QED) is 0.602. The minimum Gasteiger partial charge on any atom is -0.489 e. The highest BCUT2D eigenvalue weighted by molar-refractivity contribution is 5.22. The summed E-state index contributed by atoms with van der Waals surface area (Å²) in [6.07, 6.45) is 0. The Labute approximate surface area is 135 Å². The van der Waals surface area contributed by atoms with Gasteiger partial charge in [0.2, 0.25) is 0 Å². The van der Waals surface area contributed by atoms with Crippen LogP contribution in [0, 0.1) is 7.14 Å². The molecule has 3 rings (SSSR count). The van der Waals surface area contributed by atoms with E-state index in [9.17, 15) is 0 Å².